The summed E-state index contributed by atoms with van der Waals surface area (Å²) >= 11 is -1.51. The van der Waals surface area contributed by atoms with Gasteiger partial charge in [-0.05, 0) is 0 Å². The van der Waals surface area contributed by atoms with E-state index < -0.39 is 40.1 Å². The second-order valence-corrected chi connectivity index (χ2v) is 3.71. The van der Waals surface area contributed by atoms with Crippen molar-refractivity contribution in [3.63, 3.8) is 0 Å². The second kappa shape index (κ2) is 5.95. The van der Waals surface area contributed by atoms with Crippen molar-refractivity contribution in [3.8, 4) is 0 Å². The molecular weight excluding hydrogens is 237 g/mol. The molecule has 0 unspecified atom stereocenters. The van der Waals surface area contributed by atoms with E-state index in [1.807, 2.05) is 0 Å². The molecule has 0 aromatic rings. The Labute approximate surface area is 83.1 Å². The van der Waals surface area contributed by atoms with Crippen LogP contribution in [-0.4, -0.2) is 40.1 Å². The third kappa shape index (κ3) is 5.61. The Bertz CT molecular complexity index is 175. The molecule has 0 saturated carbocycles. The van der Waals surface area contributed by atoms with E-state index in [1.54, 1.807) is 0 Å². The predicted octanol–water partition coefficient (Wildman–Crippen LogP) is -1.70. The molecule has 0 bridgehead atoms. The Morgan fingerprint density at radius 3 is 1.62 bits per heavy atom. The van der Waals surface area contributed by atoms with Crippen molar-refractivity contribution in [2.45, 2.75) is 25.9 Å². The molecular formula is C6H12GeN2O4. The first-order valence-electron chi connectivity index (χ1n) is 3.62. The van der Waals surface area contributed by atoms with Gasteiger partial charge in [0.2, 0.25) is 0 Å². The van der Waals surface area contributed by atoms with Gasteiger partial charge in [0.1, 0.15) is 0 Å². The van der Waals surface area contributed by atoms with E-state index in [1.165, 1.54) is 13.8 Å². The quantitative estimate of drug-likeness (QED) is 0.575. The van der Waals surface area contributed by atoms with Crippen LogP contribution >= 0.6 is 0 Å². The Morgan fingerprint density at radius 1 is 1.08 bits per heavy atom. The summed E-state index contributed by atoms with van der Waals surface area (Å²) in [5, 5.41) is 0. The molecule has 0 aromatic carbocycles. The molecule has 0 heterocycles. The van der Waals surface area contributed by atoms with Crippen LogP contribution in [-0.2, 0) is 17.1 Å². The average molecular weight is 249 g/mol. The summed E-state index contributed by atoms with van der Waals surface area (Å²) in [5.41, 5.74) is 10.4. The van der Waals surface area contributed by atoms with Gasteiger partial charge in [-0.15, -0.1) is 0 Å². The van der Waals surface area contributed by atoms with Gasteiger partial charge in [-0.25, -0.2) is 0 Å². The molecule has 2 atom stereocenters. The third-order valence-electron chi connectivity index (χ3n) is 1.03. The maximum atomic E-state index is 10.8. The molecule has 0 aliphatic carbocycles. The van der Waals surface area contributed by atoms with Gasteiger partial charge < -0.3 is 0 Å². The van der Waals surface area contributed by atoms with Crippen molar-refractivity contribution >= 4 is 28.0 Å². The van der Waals surface area contributed by atoms with E-state index in [2.05, 4.69) is 7.53 Å². The zero-order valence-corrected chi connectivity index (χ0v) is 9.54. The molecule has 6 nitrogen and oxygen atoms in total. The van der Waals surface area contributed by atoms with Gasteiger partial charge in [-0.2, -0.15) is 0 Å². The summed E-state index contributed by atoms with van der Waals surface area (Å²) in [6.45, 7) is 2.98. The summed E-state index contributed by atoms with van der Waals surface area (Å²) in [7, 11) is 0. The number of rotatable bonds is 4. The zero-order valence-electron chi connectivity index (χ0n) is 7.44. The summed E-state index contributed by atoms with van der Waals surface area (Å²) in [6, 6.07) is -1.39. The van der Waals surface area contributed by atoms with Crippen molar-refractivity contribution in [1.29, 1.82) is 0 Å². The van der Waals surface area contributed by atoms with Gasteiger partial charge in [0, 0.05) is 0 Å². The molecule has 2 radical (unpaired) electrons. The van der Waals surface area contributed by atoms with E-state index in [9.17, 15) is 9.59 Å². The Morgan fingerprint density at radius 2 is 1.38 bits per heavy atom. The topological polar surface area (TPSA) is 105 Å². The monoisotopic (exact) mass is 250 g/mol. The number of carbonyl (C=O) groups is 2. The van der Waals surface area contributed by atoms with Gasteiger partial charge in [-0.1, -0.05) is 0 Å². The first kappa shape index (κ1) is 12.4. The molecule has 0 aliphatic heterocycles. The van der Waals surface area contributed by atoms with Gasteiger partial charge in [-0.3, -0.25) is 0 Å². The van der Waals surface area contributed by atoms with Crippen molar-refractivity contribution in [1.82, 2.24) is 0 Å². The number of hydrogen-bond acceptors (Lipinski definition) is 6. The summed E-state index contributed by atoms with van der Waals surface area (Å²) in [5.74, 6) is -1.14. The van der Waals surface area contributed by atoms with Crippen LogP contribution in [0.2, 0.25) is 0 Å². The van der Waals surface area contributed by atoms with Gasteiger partial charge in [0.15, 0.2) is 0 Å². The molecule has 0 rings (SSSR count). The molecule has 4 N–H and O–H groups in total. The number of nitrogens with two attached hydrogens (primary N) is 2. The first-order valence-corrected chi connectivity index (χ1v) is 5.34. The van der Waals surface area contributed by atoms with Gasteiger partial charge >= 0.3 is 82.6 Å². The standard InChI is InChI=1S/C6H12GeN2O4/c1-3(8)5(10)12-7-13-6(11)4(2)9/h3-4H,8-9H2,1-2H3/t3-,4-/m0/s1. The van der Waals surface area contributed by atoms with E-state index >= 15 is 0 Å². The van der Waals surface area contributed by atoms with E-state index in [0.29, 0.717) is 0 Å². The van der Waals surface area contributed by atoms with Crippen LogP contribution in [0.3, 0.4) is 0 Å². The molecule has 0 fully saturated rings. The van der Waals surface area contributed by atoms with Crippen molar-refractivity contribution < 1.29 is 17.1 Å². The van der Waals surface area contributed by atoms with E-state index in [0.717, 1.165) is 0 Å². The van der Waals surface area contributed by atoms with Crippen LogP contribution in [0.1, 0.15) is 13.8 Å². The Kier molecular flexibility index (Phi) is 5.68. The van der Waals surface area contributed by atoms with Crippen LogP contribution in [0.4, 0.5) is 0 Å². The zero-order chi connectivity index (χ0) is 10.4. The fourth-order valence-corrected chi connectivity index (χ4v) is 1.50. The van der Waals surface area contributed by atoms with Gasteiger partial charge in [0.25, 0.3) is 0 Å². The van der Waals surface area contributed by atoms with Crippen LogP contribution in [0.25, 0.3) is 0 Å². The van der Waals surface area contributed by atoms with Crippen LogP contribution in [0, 0.1) is 0 Å². The van der Waals surface area contributed by atoms with Crippen LogP contribution in [0.15, 0.2) is 0 Å². The maximum absolute atomic E-state index is 10.8. The third-order valence-corrected chi connectivity index (χ3v) is 2.22. The van der Waals surface area contributed by atoms with E-state index in [4.69, 9.17) is 11.5 Å². The van der Waals surface area contributed by atoms with Gasteiger partial charge in [0.05, 0.1) is 0 Å². The van der Waals surface area contributed by atoms with E-state index in [-0.39, 0.29) is 0 Å². The molecule has 0 aliphatic rings. The molecule has 7 heteroatoms. The summed E-state index contributed by atoms with van der Waals surface area (Å²) in [6.07, 6.45) is 0. The van der Waals surface area contributed by atoms with Crippen molar-refractivity contribution in [3.05, 3.63) is 0 Å². The number of hydrogen-bond donors (Lipinski definition) is 2. The fourth-order valence-electron chi connectivity index (χ4n) is 0.289. The fraction of sp³-hybridized carbons (Fsp3) is 0.667. The van der Waals surface area contributed by atoms with Crippen molar-refractivity contribution in [2.24, 2.45) is 11.5 Å². The molecule has 0 spiro atoms. The molecule has 0 aromatic heterocycles. The first-order chi connectivity index (χ1) is 5.95. The minimum atomic E-state index is -1.51. The number of carbonyl (C=O) groups excluding carboxylic acids is 2. The predicted molar refractivity (Wildman–Crippen MR) is 45.2 cm³/mol. The SMILES string of the molecule is C[C@H](N)C(=O)[O][Ge][O]C(=O)[C@H](C)N. The molecule has 13 heavy (non-hydrogen) atoms. The second-order valence-electron chi connectivity index (χ2n) is 2.50. The normalized spacial score (nSPS) is 14.5. The minimum absolute atomic E-state index is 0.572. The molecule has 74 valence electrons. The van der Waals surface area contributed by atoms with Crippen molar-refractivity contribution in [2.75, 3.05) is 0 Å². The van der Waals surface area contributed by atoms with Crippen LogP contribution < -0.4 is 11.5 Å². The van der Waals surface area contributed by atoms with Crippen LogP contribution in [0.5, 0.6) is 0 Å². The average Bonchev–Trinajstić information content (AvgIpc) is 2.03. The molecule has 0 amide bonds. The molecule has 0 saturated heterocycles. The Balaban J connectivity index is 3.57. The summed E-state index contributed by atoms with van der Waals surface area (Å²) < 4.78 is 9.17. The summed E-state index contributed by atoms with van der Waals surface area (Å²) in [4.78, 5) is 21.5. The Hall–Kier alpha value is -0.597.